The molecule has 0 bridgehead atoms. The summed E-state index contributed by atoms with van der Waals surface area (Å²) in [6.07, 6.45) is 2.31. The Morgan fingerprint density at radius 3 is 2.88 bits per heavy atom. The van der Waals surface area contributed by atoms with Gasteiger partial charge in [0.1, 0.15) is 0 Å². The fourth-order valence-corrected chi connectivity index (χ4v) is 3.89. The molecule has 1 N–H and O–H groups in total. The lowest BCUT2D eigenvalue weighted by molar-refractivity contribution is -0.142. The number of H-pyrrole nitrogens is 1. The number of carbonyl (C=O) groups is 1. The maximum atomic E-state index is 11.5. The molecular formula is C19H18ClNO2S. The summed E-state index contributed by atoms with van der Waals surface area (Å²) in [6.45, 7) is 2.24. The van der Waals surface area contributed by atoms with Crippen molar-refractivity contribution in [3.63, 3.8) is 0 Å². The van der Waals surface area contributed by atoms with E-state index in [1.54, 1.807) is 11.8 Å². The molecule has 0 unspecified atom stereocenters. The second kappa shape index (κ2) is 7.77. The first-order chi connectivity index (χ1) is 11.7. The number of thioether (sulfide) groups is 1. The third-order valence-corrected chi connectivity index (χ3v) is 5.09. The van der Waals surface area contributed by atoms with Crippen molar-refractivity contribution in [1.29, 1.82) is 0 Å². The lowest BCUT2D eigenvalue weighted by Crippen LogP contribution is -2.04. The molecule has 0 aliphatic rings. The Bertz CT molecular complexity index is 859. The van der Waals surface area contributed by atoms with Gasteiger partial charge in [0.15, 0.2) is 0 Å². The molecule has 1 heterocycles. The number of hydrogen-bond donors (Lipinski definition) is 1. The number of ether oxygens (including phenoxy) is 1. The monoisotopic (exact) mass is 359 g/mol. The number of benzene rings is 2. The highest BCUT2D eigenvalue weighted by atomic mass is 35.5. The predicted molar refractivity (Wildman–Crippen MR) is 101 cm³/mol. The van der Waals surface area contributed by atoms with Crippen molar-refractivity contribution in [3.05, 3.63) is 53.7 Å². The van der Waals surface area contributed by atoms with Crippen molar-refractivity contribution < 1.29 is 9.53 Å². The normalized spacial score (nSPS) is 10.9. The molecule has 1 aromatic heterocycles. The molecule has 0 fully saturated rings. The second-order valence-corrected chi connectivity index (χ2v) is 6.81. The van der Waals surface area contributed by atoms with Crippen LogP contribution in [-0.2, 0) is 9.53 Å². The van der Waals surface area contributed by atoms with Gasteiger partial charge in [-0.15, -0.1) is 11.8 Å². The van der Waals surface area contributed by atoms with Gasteiger partial charge in [0.2, 0.25) is 0 Å². The Balaban J connectivity index is 1.90. The molecule has 0 saturated carbocycles. The van der Waals surface area contributed by atoms with Crippen molar-refractivity contribution in [2.45, 2.75) is 18.2 Å². The van der Waals surface area contributed by atoms with Gasteiger partial charge < -0.3 is 9.72 Å². The van der Waals surface area contributed by atoms with E-state index in [2.05, 4.69) is 17.1 Å². The summed E-state index contributed by atoms with van der Waals surface area (Å²) in [5.74, 6) is 0.515. The number of rotatable bonds is 6. The summed E-state index contributed by atoms with van der Waals surface area (Å²) in [5, 5.41) is 1.84. The zero-order chi connectivity index (χ0) is 16.9. The number of fused-ring (bicyclic) bond motifs is 1. The smallest absolute Gasteiger partial charge is 0.306 e. The molecule has 0 aliphatic heterocycles. The van der Waals surface area contributed by atoms with Crippen LogP contribution in [-0.4, -0.2) is 23.3 Å². The quantitative estimate of drug-likeness (QED) is 0.464. The van der Waals surface area contributed by atoms with Crippen molar-refractivity contribution >= 4 is 40.2 Å². The lowest BCUT2D eigenvalue weighted by atomic mass is 10.0. The number of carbonyl (C=O) groups excluding carboxylic acids is 1. The lowest BCUT2D eigenvalue weighted by Gasteiger charge is -2.12. The number of hydrogen-bond acceptors (Lipinski definition) is 3. The van der Waals surface area contributed by atoms with Crippen molar-refractivity contribution in [2.75, 3.05) is 12.4 Å². The van der Waals surface area contributed by atoms with Crippen LogP contribution < -0.4 is 0 Å². The number of aromatic amines is 1. The van der Waals surface area contributed by atoms with Gasteiger partial charge in [-0.1, -0.05) is 35.9 Å². The van der Waals surface area contributed by atoms with Gasteiger partial charge in [-0.25, -0.2) is 0 Å². The van der Waals surface area contributed by atoms with E-state index in [0.29, 0.717) is 23.8 Å². The second-order valence-electron chi connectivity index (χ2n) is 5.26. The summed E-state index contributed by atoms with van der Waals surface area (Å²) >= 11 is 8.13. The maximum Gasteiger partial charge on any atom is 0.306 e. The average molecular weight is 360 g/mol. The van der Waals surface area contributed by atoms with Gasteiger partial charge in [0.25, 0.3) is 0 Å². The minimum atomic E-state index is -0.160. The van der Waals surface area contributed by atoms with E-state index in [4.69, 9.17) is 16.3 Å². The Kier molecular flexibility index (Phi) is 5.48. The van der Waals surface area contributed by atoms with Crippen LogP contribution in [0.5, 0.6) is 0 Å². The molecule has 3 aromatic rings. The van der Waals surface area contributed by atoms with E-state index >= 15 is 0 Å². The molecule has 0 atom stereocenters. The Morgan fingerprint density at radius 1 is 1.21 bits per heavy atom. The first kappa shape index (κ1) is 16.9. The number of esters is 1. The molecule has 0 amide bonds. The van der Waals surface area contributed by atoms with Gasteiger partial charge >= 0.3 is 5.97 Å². The summed E-state index contributed by atoms with van der Waals surface area (Å²) < 4.78 is 4.98. The van der Waals surface area contributed by atoms with Crippen LogP contribution in [0.3, 0.4) is 0 Å². The first-order valence-corrected chi connectivity index (χ1v) is 9.20. The van der Waals surface area contributed by atoms with E-state index in [1.807, 2.05) is 43.5 Å². The van der Waals surface area contributed by atoms with Gasteiger partial charge in [-0.3, -0.25) is 4.79 Å². The van der Waals surface area contributed by atoms with Crippen LogP contribution >= 0.6 is 23.4 Å². The molecule has 0 saturated heterocycles. The molecule has 3 nitrogen and oxygen atoms in total. The van der Waals surface area contributed by atoms with Crippen molar-refractivity contribution in [3.8, 4) is 11.1 Å². The fourth-order valence-electron chi connectivity index (χ4n) is 2.64. The molecule has 0 radical (unpaired) electrons. The summed E-state index contributed by atoms with van der Waals surface area (Å²) in [6, 6.07) is 14.1. The molecule has 0 aliphatic carbocycles. The van der Waals surface area contributed by atoms with Crippen LogP contribution in [0, 0.1) is 0 Å². The topological polar surface area (TPSA) is 42.1 Å². The molecule has 0 spiro atoms. The van der Waals surface area contributed by atoms with E-state index < -0.39 is 0 Å². The molecular weight excluding hydrogens is 342 g/mol. The maximum absolute atomic E-state index is 11.5. The van der Waals surface area contributed by atoms with Crippen LogP contribution in [0.15, 0.2) is 53.6 Å². The van der Waals surface area contributed by atoms with Crippen molar-refractivity contribution in [2.24, 2.45) is 0 Å². The third-order valence-electron chi connectivity index (χ3n) is 3.70. The Morgan fingerprint density at radius 2 is 2.04 bits per heavy atom. The van der Waals surface area contributed by atoms with E-state index in [0.717, 1.165) is 26.9 Å². The standard InChI is InChI=1S/C19H18ClNO2S/c1-2-23-17(22)10-12-24-16-6-4-3-5-14(16)18-15(20)8-7-13-9-11-21-19(13)18/h3-9,11,21H,2,10,12H2,1H3. The van der Waals surface area contributed by atoms with Gasteiger partial charge in [-0.2, -0.15) is 0 Å². The van der Waals surface area contributed by atoms with Crippen LogP contribution in [0.2, 0.25) is 5.02 Å². The fraction of sp³-hybridized carbons (Fsp3) is 0.211. The average Bonchev–Trinajstić information content (AvgIpc) is 3.04. The van der Waals surface area contributed by atoms with Crippen LogP contribution in [0.1, 0.15) is 13.3 Å². The molecule has 3 rings (SSSR count). The molecule has 5 heteroatoms. The first-order valence-electron chi connectivity index (χ1n) is 7.84. The Labute approximate surface area is 150 Å². The minimum Gasteiger partial charge on any atom is -0.466 e. The Hall–Kier alpha value is -1.91. The molecule has 2 aromatic carbocycles. The van der Waals surface area contributed by atoms with Crippen molar-refractivity contribution in [1.82, 2.24) is 4.98 Å². The number of nitrogens with one attached hydrogen (secondary N) is 1. The van der Waals surface area contributed by atoms with E-state index in [-0.39, 0.29) is 5.97 Å². The summed E-state index contributed by atoms with van der Waals surface area (Å²) in [5.41, 5.74) is 3.10. The highest BCUT2D eigenvalue weighted by molar-refractivity contribution is 7.99. The van der Waals surface area contributed by atoms with Crippen LogP contribution in [0.25, 0.3) is 22.0 Å². The van der Waals surface area contributed by atoms with Gasteiger partial charge in [-0.05, 0) is 30.7 Å². The third kappa shape index (κ3) is 3.60. The highest BCUT2D eigenvalue weighted by Crippen LogP contribution is 2.39. The largest absolute Gasteiger partial charge is 0.466 e. The van der Waals surface area contributed by atoms with Gasteiger partial charge in [0.05, 0.1) is 23.6 Å². The zero-order valence-electron chi connectivity index (χ0n) is 13.3. The predicted octanol–water partition coefficient (Wildman–Crippen LogP) is 5.53. The van der Waals surface area contributed by atoms with Gasteiger partial charge in [0, 0.05) is 27.8 Å². The van der Waals surface area contributed by atoms with Crippen LogP contribution in [0.4, 0.5) is 0 Å². The zero-order valence-corrected chi connectivity index (χ0v) is 14.9. The van der Waals surface area contributed by atoms with E-state index in [9.17, 15) is 4.79 Å². The minimum absolute atomic E-state index is 0.160. The molecule has 24 heavy (non-hydrogen) atoms. The van der Waals surface area contributed by atoms with E-state index in [1.165, 1.54) is 0 Å². The summed E-state index contributed by atoms with van der Waals surface area (Å²) in [7, 11) is 0. The number of halogens is 1. The highest BCUT2D eigenvalue weighted by Gasteiger charge is 2.14. The summed E-state index contributed by atoms with van der Waals surface area (Å²) in [4.78, 5) is 15.9. The number of aromatic nitrogens is 1. The SMILES string of the molecule is CCOC(=O)CCSc1ccccc1-c1c(Cl)ccc2cc[nH]c12. The molecule has 124 valence electrons.